The van der Waals surface area contributed by atoms with Crippen LogP contribution in [0.1, 0.15) is 0 Å². The number of benzene rings is 15. The zero-order chi connectivity index (χ0) is 80.0. The molecule has 0 unspecified atom stereocenters. The number of hydrogen-bond acceptors (Lipinski definition) is 12. The lowest BCUT2D eigenvalue weighted by Crippen LogP contribution is -2.84. The molecule has 0 amide bonds. The smallest absolute Gasteiger partial charge is 0.382 e. The van der Waals surface area contributed by atoms with Gasteiger partial charge in [-0.1, -0.05) is 255 Å². The number of hydrogen-bond donors (Lipinski definition) is 0. The average Bonchev–Trinajstić information content (AvgIpc) is 1.50. The summed E-state index contributed by atoms with van der Waals surface area (Å²) in [5.74, 6) is 5.55. The lowest BCUT2D eigenvalue weighted by molar-refractivity contribution is 0.973. The van der Waals surface area contributed by atoms with Gasteiger partial charge in [-0.15, -0.1) is 0 Å². The first-order valence-electron chi connectivity index (χ1n) is 41.7. The Morgan fingerprint density at radius 1 is 0.146 bits per heavy atom. The van der Waals surface area contributed by atoms with Crippen LogP contribution in [0.2, 0.25) is 0 Å². The summed E-state index contributed by atoms with van der Waals surface area (Å²) >= 11 is 0. The minimum absolute atomic E-state index is 0.466. The molecule has 0 bridgehead atoms. The van der Waals surface area contributed by atoms with Crippen LogP contribution >= 0.6 is 0 Å². The van der Waals surface area contributed by atoms with Gasteiger partial charge in [0, 0.05) is 99.9 Å². The molecule has 24 aromatic rings. The summed E-state index contributed by atoms with van der Waals surface area (Å²) in [7, 11) is -2.44. The van der Waals surface area contributed by atoms with E-state index in [4.69, 9.17) is 29.9 Å². The highest BCUT2D eigenvalue weighted by Gasteiger charge is 2.71. The molecule has 0 saturated carbocycles. The summed E-state index contributed by atoms with van der Waals surface area (Å²) in [6.45, 7) is 0. The quantitative estimate of drug-likeness (QED) is 0.128. The molecule has 570 valence electrons. The zero-order valence-electron chi connectivity index (χ0n) is 65.7. The van der Waals surface area contributed by atoms with Crippen molar-refractivity contribution in [1.29, 1.82) is 0 Å². The van der Waals surface area contributed by atoms with Crippen LogP contribution in [-0.4, -0.2) is 78.7 Å². The van der Waals surface area contributed by atoms with Crippen LogP contribution in [0.4, 0.5) is 52.0 Å². The van der Waals surface area contributed by atoms with Crippen LogP contribution in [0.3, 0.4) is 0 Å². The number of aromatic nitrogens is 12. The third-order valence-corrected chi connectivity index (χ3v) is 26.0. The number of para-hydroxylation sites is 18. The van der Waals surface area contributed by atoms with Gasteiger partial charge in [0.05, 0.1) is 83.3 Å². The second-order valence-electron chi connectivity index (χ2n) is 32.2. The molecule has 28 rings (SSSR count). The molecule has 0 spiro atoms. The summed E-state index contributed by atoms with van der Waals surface area (Å²) < 4.78 is 21.7. The number of rotatable bonds is 9. The van der Waals surface area contributed by atoms with E-state index >= 15 is 0 Å². The number of anilines is 9. The van der Waals surface area contributed by atoms with Gasteiger partial charge < -0.3 is 28.6 Å². The van der Waals surface area contributed by atoms with E-state index in [2.05, 4.69) is 438 Å². The van der Waals surface area contributed by atoms with E-state index < -0.39 is 21.4 Å². The highest BCUT2D eigenvalue weighted by molar-refractivity contribution is 7.11. The Kier molecular flexibility index (Phi) is 13.5. The SMILES string of the molecule is c1ccc2c(c1)N1B(N3B(N4B1N(c1nc(-n5c6ccccc6c6ccccc65)cc(-n5c6ccccc6c6ccccc65)n1)c1ccccc14)N(c1nc(-n4c5ccccc5c5ccccc54)cc(-n4c5ccccc5c5ccccc54)n1)c1ccccc13)N2c1nc(-n2c3ccccc3c3ccccc32)cc(-n2c3ccccc3c3ccccc32)n1. The molecule has 9 aromatic heterocycles. The molecule has 15 aromatic carbocycles. The zero-order valence-corrected chi connectivity index (χ0v) is 65.7. The maximum Gasteiger partial charge on any atom is 0.492 e. The molecular formula is C102H63B3N18. The van der Waals surface area contributed by atoms with Crippen molar-refractivity contribution in [2.24, 2.45) is 0 Å². The highest BCUT2D eigenvalue weighted by Crippen LogP contribution is 2.58. The van der Waals surface area contributed by atoms with Crippen molar-refractivity contribution in [3.8, 4) is 34.9 Å². The van der Waals surface area contributed by atoms with Gasteiger partial charge in [-0.05, 0) is 109 Å². The van der Waals surface area contributed by atoms with Crippen LogP contribution in [0.15, 0.2) is 382 Å². The van der Waals surface area contributed by atoms with Crippen LogP contribution in [-0.2, 0) is 0 Å². The van der Waals surface area contributed by atoms with E-state index in [0.717, 1.165) is 165 Å². The second kappa shape index (κ2) is 25.0. The fraction of sp³-hybridized carbons (Fsp3) is 0. The molecule has 1 fully saturated rings. The first kappa shape index (κ1) is 66.4. The second-order valence-corrected chi connectivity index (χ2v) is 32.2. The highest BCUT2D eigenvalue weighted by atomic mass is 15.6. The van der Waals surface area contributed by atoms with Crippen molar-refractivity contribution >= 4 is 204 Å². The standard InChI is InChI=1S/C102H63B3N18/c1-13-43-76-64(31-1)65-32-2-14-44-77(65)112(76)94-61-95(113-78-45-15-3-33-66(78)67-34-4-16-46-79(67)113)107-100(106-94)118-88-55-25-28-58-91(88)121-103(118)122-92-59-29-26-56-89(92)119(101-108-96(114-80-47-17-5-35-68(80)69-36-6-18-48-81(69)114)62-97(109-101)115-82-49-19-7-37-70(82)71-38-8-20-50-83(71)115)105(122)123-93-60-30-27-57-90(93)120(104(121)123)102-110-98(116-84-51-21-9-39-72(84)73-40-10-22-52-85(73)116)63-99(111-102)117-86-53-23-11-41-74(86)75-42-12-24-54-87(75)117/h1-63H. The predicted octanol–water partition coefficient (Wildman–Crippen LogP) is 22.9. The van der Waals surface area contributed by atoms with Crippen LogP contribution in [0.5, 0.6) is 0 Å². The molecule has 0 radical (unpaired) electrons. The monoisotopic (exact) mass is 1570 g/mol. The van der Waals surface area contributed by atoms with Gasteiger partial charge in [-0.2, -0.15) is 29.9 Å². The predicted molar refractivity (Wildman–Crippen MR) is 503 cm³/mol. The summed E-state index contributed by atoms with van der Waals surface area (Å²) in [6, 6.07) is 137. The summed E-state index contributed by atoms with van der Waals surface area (Å²) in [5.41, 5.74) is 17.6. The Hall–Kier alpha value is -16.7. The molecular weight excluding hydrogens is 1510 g/mol. The van der Waals surface area contributed by atoms with E-state index in [1.165, 1.54) is 0 Å². The fourth-order valence-electron chi connectivity index (χ4n) is 21.2. The maximum absolute atomic E-state index is 6.14. The lowest BCUT2D eigenvalue weighted by atomic mass is 9.56. The minimum Gasteiger partial charge on any atom is -0.382 e. The Morgan fingerprint density at radius 3 is 0.431 bits per heavy atom. The van der Waals surface area contributed by atoms with Gasteiger partial charge in [0.25, 0.3) is 0 Å². The first-order valence-corrected chi connectivity index (χ1v) is 41.7. The van der Waals surface area contributed by atoms with Gasteiger partial charge in [0.1, 0.15) is 34.9 Å². The summed E-state index contributed by atoms with van der Waals surface area (Å²) in [6.07, 6.45) is 0. The minimum atomic E-state index is -0.814. The van der Waals surface area contributed by atoms with Crippen molar-refractivity contribution in [2.75, 3.05) is 28.6 Å². The Morgan fingerprint density at radius 2 is 0.276 bits per heavy atom. The molecule has 0 aliphatic carbocycles. The fourth-order valence-corrected chi connectivity index (χ4v) is 21.2. The maximum atomic E-state index is 6.14. The van der Waals surface area contributed by atoms with Crippen molar-refractivity contribution in [3.05, 3.63) is 382 Å². The van der Waals surface area contributed by atoms with E-state index in [9.17, 15) is 0 Å². The molecule has 123 heavy (non-hydrogen) atoms. The van der Waals surface area contributed by atoms with E-state index in [1.807, 2.05) is 0 Å². The lowest BCUT2D eigenvalue weighted by Gasteiger charge is -2.50. The van der Waals surface area contributed by atoms with Crippen LogP contribution < -0.4 is 28.6 Å². The molecule has 0 atom stereocenters. The van der Waals surface area contributed by atoms with Crippen molar-refractivity contribution in [2.45, 2.75) is 0 Å². The van der Waals surface area contributed by atoms with Gasteiger partial charge in [-0.3, -0.25) is 27.4 Å². The van der Waals surface area contributed by atoms with E-state index in [1.54, 1.807) is 0 Å². The normalized spacial score (nSPS) is 13.7. The topological polar surface area (TPSA) is 126 Å². The molecule has 21 heteroatoms. The average molecular weight is 1570 g/mol. The van der Waals surface area contributed by atoms with E-state index in [-0.39, 0.29) is 0 Å². The first-order chi connectivity index (χ1) is 61.1. The van der Waals surface area contributed by atoms with Gasteiger partial charge in [0.15, 0.2) is 0 Å². The van der Waals surface area contributed by atoms with Crippen molar-refractivity contribution in [3.63, 3.8) is 0 Å². The summed E-state index contributed by atoms with van der Waals surface area (Å²) in [4.78, 5) is 44.0. The third kappa shape index (κ3) is 9.06. The van der Waals surface area contributed by atoms with Gasteiger partial charge in [0.2, 0.25) is 17.8 Å². The Balaban J connectivity index is 0.755. The van der Waals surface area contributed by atoms with E-state index in [0.29, 0.717) is 52.8 Å². The number of fused-ring (bicyclic) bond motifs is 30. The largest absolute Gasteiger partial charge is 0.492 e. The molecule has 4 aliphatic rings. The molecule has 0 N–H and O–H groups in total. The van der Waals surface area contributed by atoms with Crippen LogP contribution in [0.25, 0.3) is 166 Å². The van der Waals surface area contributed by atoms with Crippen molar-refractivity contribution in [1.82, 2.24) is 57.3 Å². The van der Waals surface area contributed by atoms with Crippen molar-refractivity contribution < 1.29 is 0 Å². The molecule has 1 saturated heterocycles. The summed E-state index contributed by atoms with van der Waals surface area (Å²) in [5, 5.41) is 13.4. The van der Waals surface area contributed by atoms with Gasteiger partial charge >= 0.3 is 21.4 Å². The Labute approximate surface area is 702 Å². The Bertz CT molecular complexity index is 7180. The molecule has 18 nitrogen and oxygen atoms in total. The van der Waals surface area contributed by atoms with Crippen LogP contribution in [0, 0.1) is 0 Å². The molecule has 4 aliphatic heterocycles. The third-order valence-electron chi connectivity index (χ3n) is 26.0. The molecule has 13 heterocycles. The van der Waals surface area contributed by atoms with Gasteiger partial charge in [-0.25, -0.2) is 0 Å². The number of nitrogens with zero attached hydrogens (tertiary/aromatic N) is 18.